The second-order valence-corrected chi connectivity index (χ2v) is 8.71. The van der Waals surface area contributed by atoms with Crippen molar-refractivity contribution in [1.82, 2.24) is 0 Å². The van der Waals surface area contributed by atoms with E-state index in [1.54, 1.807) is 31.4 Å². The molecule has 2 aliphatic rings. The van der Waals surface area contributed by atoms with E-state index >= 15 is 0 Å². The second-order valence-electron chi connectivity index (χ2n) is 7.93. The number of fused-ring (bicyclic) bond motifs is 3. The van der Waals surface area contributed by atoms with Gasteiger partial charge in [-0.25, -0.2) is 0 Å². The summed E-state index contributed by atoms with van der Waals surface area (Å²) in [6.45, 7) is 0. The highest BCUT2D eigenvalue weighted by Gasteiger charge is 2.63. The molecular formula is C26H19N3O2S. The number of nitrogens with zero attached hydrogens (tertiary/aromatic N) is 3. The maximum absolute atomic E-state index is 14.0. The molecule has 0 aliphatic carbocycles. The minimum Gasteiger partial charge on any atom is -0.497 e. The lowest BCUT2D eigenvalue weighted by molar-refractivity contribution is 0.0951. The molecule has 2 aromatic carbocycles. The molecule has 2 aliphatic heterocycles. The molecule has 32 heavy (non-hydrogen) atoms. The Balaban J connectivity index is 1.74. The molecule has 0 N–H and O–H groups in total. The Bertz CT molecular complexity index is 1270. The highest BCUT2D eigenvalue weighted by atomic mass is 32.1. The zero-order chi connectivity index (χ0) is 22.3. The van der Waals surface area contributed by atoms with Gasteiger partial charge in [0.2, 0.25) is 0 Å². The normalized spacial score (nSPS) is 22.3. The molecule has 0 radical (unpaired) electrons. The number of para-hydroxylation sites is 1. The number of hydrogen-bond acceptors (Lipinski definition) is 6. The molecule has 1 saturated heterocycles. The van der Waals surface area contributed by atoms with E-state index in [9.17, 15) is 15.3 Å². The third-order valence-corrected chi connectivity index (χ3v) is 7.16. The van der Waals surface area contributed by atoms with Gasteiger partial charge < -0.3 is 9.64 Å². The standard InChI is InChI=1S/C26H19N3O2S/c1-31-20-9-6-18(7-10-20)25(30)24-23(19-12-13-32-14-19)26(15-27,16-28)22-11-8-17-4-2-3-5-21(17)29(22)24/h2-14,22-24H,1H3/t22-,23+,24-/m0/s1. The largest absolute Gasteiger partial charge is 0.497 e. The summed E-state index contributed by atoms with van der Waals surface area (Å²) in [6, 6.07) is 20.1. The molecule has 3 heterocycles. The van der Waals surface area contributed by atoms with Gasteiger partial charge >= 0.3 is 0 Å². The number of benzene rings is 2. The van der Waals surface area contributed by atoms with Gasteiger partial charge in [-0.1, -0.05) is 30.4 Å². The number of thiophene rings is 1. The summed E-state index contributed by atoms with van der Waals surface area (Å²) >= 11 is 1.50. The molecule has 5 rings (SSSR count). The van der Waals surface area contributed by atoms with Crippen molar-refractivity contribution in [3.63, 3.8) is 0 Å². The van der Waals surface area contributed by atoms with Gasteiger partial charge in [0.15, 0.2) is 11.2 Å². The molecule has 0 spiro atoms. The SMILES string of the molecule is COc1ccc(C(=O)[C@@H]2[C@@H](c3ccsc3)C(C#N)(C#N)[C@@H]3C=Cc4ccccc4N23)cc1. The zero-order valence-electron chi connectivity index (χ0n) is 17.3. The Labute approximate surface area is 190 Å². The molecule has 6 heteroatoms. The molecule has 156 valence electrons. The van der Waals surface area contributed by atoms with Gasteiger partial charge in [-0.05, 0) is 58.3 Å². The molecule has 3 atom stereocenters. The molecule has 1 aromatic heterocycles. The van der Waals surface area contributed by atoms with Crippen LogP contribution in [0.2, 0.25) is 0 Å². The Morgan fingerprint density at radius 3 is 2.50 bits per heavy atom. The van der Waals surface area contributed by atoms with Crippen LogP contribution in [-0.4, -0.2) is 25.0 Å². The third kappa shape index (κ3) is 2.77. The number of nitriles is 2. The highest BCUT2D eigenvalue weighted by molar-refractivity contribution is 7.08. The van der Waals surface area contributed by atoms with Gasteiger partial charge in [-0.15, -0.1) is 0 Å². The molecule has 0 unspecified atom stereocenters. The molecule has 3 aromatic rings. The van der Waals surface area contributed by atoms with Gasteiger partial charge in [0.25, 0.3) is 0 Å². The van der Waals surface area contributed by atoms with Crippen molar-refractivity contribution in [2.75, 3.05) is 12.0 Å². The lowest BCUT2D eigenvalue weighted by Gasteiger charge is -2.35. The van der Waals surface area contributed by atoms with Crippen molar-refractivity contribution in [3.05, 3.63) is 88.1 Å². The van der Waals surface area contributed by atoms with Crippen molar-refractivity contribution in [2.45, 2.75) is 18.0 Å². The van der Waals surface area contributed by atoms with Crippen LogP contribution < -0.4 is 9.64 Å². The van der Waals surface area contributed by atoms with Gasteiger partial charge in [0.1, 0.15) is 11.8 Å². The summed E-state index contributed by atoms with van der Waals surface area (Å²) in [5.41, 5.74) is 1.78. The minimum absolute atomic E-state index is 0.119. The first-order valence-electron chi connectivity index (χ1n) is 10.2. The molecule has 5 nitrogen and oxygen atoms in total. The van der Waals surface area contributed by atoms with Crippen LogP contribution in [0.25, 0.3) is 6.08 Å². The average Bonchev–Trinajstić information content (AvgIpc) is 3.48. The Hall–Kier alpha value is -3.87. The van der Waals surface area contributed by atoms with Crippen LogP contribution in [0.3, 0.4) is 0 Å². The number of rotatable bonds is 4. The minimum atomic E-state index is -1.40. The van der Waals surface area contributed by atoms with E-state index in [1.165, 1.54) is 11.3 Å². The maximum atomic E-state index is 14.0. The first-order valence-corrected chi connectivity index (χ1v) is 11.2. The summed E-state index contributed by atoms with van der Waals surface area (Å²) < 4.78 is 5.24. The van der Waals surface area contributed by atoms with Crippen molar-refractivity contribution in [1.29, 1.82) is 10.5 Å². The molecule has 0 amide bonds. The number of hydrogen-bond donors (Lipinski definition) is 0. The van der Waals surface area contributed by atoms with Crippen LogP contribution in [0.4, 0.5) is 5.69 Å². The number of methoxy groups -OCH3 is 1. The van der Waals surface area contributed by atoms with E-state index in [1.807, 2.05) is 58.1 Å². The number of carbonyl (C=O) groups excluding carboxylic acids is 1. The van der Waals surface area contributed by atoms with E-state index in [0.717, 1.165) is 16.8 Å². The molecule has 0 saturated carbocycles. The van der Waals surface area contributed by atoms with E-state index < -0.39 is 23.4 Å². The summed E-state index contributed by atoms with van der Waals surface area (Å²) in [7, 11) is 1.58. The number of Topliss-reactive ketones (excluding diaryl/α,β-unsaturated/α-hetero) is 1. The summed E-state index contributed by atoms with van der Waals surface area (Å²) in [5.74, 6) is -0.0552. The van der Waals surface area contributed by atoms with Gasteiger partial charge in [0, 0.05) is 17.2 Å². The summed E-state index contributed by atoms with van der Waals surface area (Å²) in [6.07, 6.45) is 3.85. The fourth-order valence-corrected chi connectivity index (χ4v) is 5.68. The van der Waals surface area contributed by atoms with Crippen LogP contribution in [0.5, 0.6) is 5.75 Å². The third-order valence-electron chi connectivity index (χ3n) is 6.46. The zero-order valence-corrected chi connectivity index (χ0v) is 18.1. The van der Waals surface area contributed by atoms with Crippen LogP contribution in [0, 0.1) is 28.1 Å². The van der Waals surface area contributed by atoms with Crippen molar-refractivity contribution < 1.29 is 9.53 Å². The van der Waals surface area contributed by atoms with Crippen LogP contribution in [-0.2, 0) is 0 Å². The number of ketones is 1. The summed E-state index contributed by atoms with van der Waals surface area (Å²) in [4.78, 5) is 16.0. The molecule has 1 fully saturated rings. The van der Waals surface area contributed by atoms with Crippen molar-refractivity contribution in [3.8, 4) is 17.9 Å². The number of ether oxygens (including phenoxy) is 1. The number of carbonyl (C=O) groups is 1. The van der Waals surface area contributed by atoms with E-state index in [4.69, 9.17) is 4.74 Å². The average molecular weight is 438 g/mol. The Morgan fingerprint density at radius 2 is 1.84 bits per heavy atom. The molecule has 0 bridgehead atoms. The first-order chi connectivity index (χ1) is 15.6. The predicted octanol–water partition coefficient (Wildman–Crippen LogP) is 5.04. The van der Waals surface area contributed by atoms with Gasteiger partial charge in [-0.3, -0.25) is 4.79 Å². The van der Waals surface area contributed by atoms with Crippen molar-refractivity contribution >= 4 is 28.9 Å². The molecular weight excluding hydrogens is 418 g/mol. The first kappa shape index (κ1) is 20.1. The topological polar surface area (TPSA) is 77.1 Å². The lowest BCUT2D eigenvalue weighted by atomic mass is 9.69. The van der Waals surface area contributed by atoms with Crippen LogP contribution >= 0.6 is 11.3 Å². The van der Waals surface area contributed by atoms with E-state index in [0.29, 0.717) is 11.3 Å². The van der Waals surface area contributed by atoms with Crippen molar-refractivity contribution in [2.24, 2.45) is 5.41 Å². The smallest absolute Gasteiger partial charge is 0.185 e. The fraction of sp³-hybridized carbons (Fsp3) is 0.192. The van der Waals surface area contributed by atoms with E-state index in [-0.39, 0.29) is 5.78 Å². The van der Waals surface area contributed by atoms with Crippen LogP contribution in [0.1, 0.15) is 27.4 Å². The lowest BCUT2D eigenvalue weighted by Crippen LogP contribution is -2.44. The van der Waals surface area contributed by atoms with Gasteiger partial charge in [-0.2, -0.15) is 21.9 Å². The highest BCUT2D eigenvalue weighted by Crippen LogP contribution is 2.55. The van der Waals surface area contributed by atoms with Gasteiger partial charge in [0.05, 0.1) is 25.3 Å². The monoisotopic (exact) mass is 437 g/mol. The quantitative estimate of drug-likeness (QED) is 0.535. The Morgan fingerprint density at radius 1 is 1.09 bits per heavy atom. The number of anilines is 1. The van der Waals surface area contributed by atoms with E-state index in [2.05, 4.69) is 12.1 Å². The predicted molar refractivity (Wildman–Crippen MR) is 124 cm³/mol. The summed E-state index contributed by atoms with van der Waals surface area (Å²) in [5, 5.41) is 24.6. The fourth-order valence-electron chi connectivity index (χ4n) is 4.99. The van der Waals surface area contributed by atoms with Crippen LogP contribution in [0.15, 0.2) is 71.4 Å². The Kier molecular flexibility index (Phi) is 4.81. The second kappa shape index (κ2) is 7.67. The maximum Gasteiger partial charge on any atom is 0.185 e.